The quantitative estimate of drug-likeness (QED) is 0.667. The maximum atomic E-state index is 12.5. The first-order valence-corrected chi connectivity index (χ1v) is 11.8. The van der Waals surface area contributed by atoms with Crippen LogP contribution in [0.1, 0.15) is 46.4 Å². The number of hydrogen-bond donors (Lipinski definition) is 2. The monoisotopic (exact) mass is 466 g/mol. The van der Waals surface area contributed by atoms with Crippen LogP contribution in [0, 0.1) is 18.3 Å². The van der Waals surface area contributed by atoms with E-state index in [1.807, 2.05) is 13.0 Å². The van der Waals surface area contributed by atoms with Crippen LogP contribution < -0.4 is 5.32 Å². The molecule has 2 N–H and O–H groups in total. The van der Waals surface area contributed by atoms with Crippen molar-refractivity contribution in [1.82, 2.24) is 9.88 Å². The Morgan fingerprint density at radius 3 is 2.88 bits per heavy atom. The number of fused-ring (bicyclic) bond motifs is 1. The van der Waals surface area contributed by atoms with Crippen molar-refractivity contribution in [2.24, 2.45) is 0 Å². The molecule has 1 aliphatic carbocycles. The van der Waals surface area contributed by atoms with Crippen LogP contribution in [0.5, 0.6) is 0 Å². The zero-order valence-electron chi connectivity index (χ0n) is 18.4. The molecule has 0 bridgehead atoms. The Labute approximate surface area is 196 Å². The van der Waals surface area contributed by atoms with Gasteiger partial charge in [0, 0.05) is 42.9 Å². The molecule has 1 saturated heterocycles. The lowest BCUT2D eigenvalue weighted by Crippen LogP contribution is -2.42. The molecule has 2 aromatic rings. The number of aryl methyl sites for hydroxylation is 1. The topological polar surface area (TPSA) is 116 Å². The number of aliphatic hydroxyl groups excluding tert-OH is 1. The number of aromatic nitrogens is 1. The van der Waals surface area contributed by atoms with Gasteiger partial charge in [0.05, 0.1) is 11.7 Å². The number of nitriles is 1. The third kappa shape index (κ3) is 5.41. The summed E-state index contributed by atoms with van der Waals surface area (Å²) in [5, 5.41) is 22.7. The number of piperidine rings is 1. The summed E-state index contributed by atoms with van der Waals surface area (Å²) in [6.07, 6.45) is 8.47. The maximum absolute atomic E-state index is 12.5. The molecule has 8 nitrogen and oxygen atoms in total. The van der Waals surface area contributed by atoms with Crippen LogP contribution in [-0.2, 0) is 22.4 Å². The minimum absolute atomic E-state index is 0.265. The molecule has 0 spiro atoms. The van der Waals surface area contributed by atoms with Crippen LogP contribution in [0.25, 0.3) is 6.08 Å². The minimum Gasteiger partial charge on any atom is -0.446 e. The van der Waals surface area contributed by atoms with E-state index in [-0.39, 0.29) is 24.2 Å². The summed E-state index contributed by atoms with van der Waals surface area (Å²) in [6.45, 7) is 2.94. The van der Waals surface area contributed by atoms with Crippen LogP contribution in [0.3, 0.4) is 0 Å². The van der Waals surface area contributed by atoms with Crippen molar-refractivity contribution < 1.29 is 19.4 Å². The molecule has 1 atom stereocenters. The maximum Gasteiger partial charge on any atom is 0.410 e. The van der Waals surface area contributed by atoms with Gasteiger partial charge in [0.25, 0.3) is 0 Å². The van der Waals surface area contributed by atoms with Crippen molar-refractivity contribution in [3.05, 3.63) is 51.7 Å². The van der Waals surface area contributed by atoms with E-state index < -0.39 is 0 Å². The number of amides is 2. The van der Waals surface area contributed by atoms with Crippen LogP contribution in [-0.4, -0.2) is 52.3 Å². The van der Waals surface area contributed by atoms with E-state index in [4.69, 9.17) is 4.74 Å². The van der Waals surface area contributed by atoms with Gasteiger partial charge in [-0.2, -0.15) is 5.26 Å². The average molecular weight is 467 g/mol. The Bertz CT molecular complexity index is 1110. The highest BCUT2D eigenvalue weighted by atomic mass is 32.1. The first-order valence-electron chi connectivity index (χ1n) is 11.0. The van der Waals surface area contributed by atoms with E-state index in [2.05, 4.69) is 16.4 Å². The van der Waals surface area contributed by atoms with Crippen molar-refractivity contribution in [2.45, 2.75) is 51.2 Å². The third-order valence-electron chi connectivity index (χ3n) is 6.05. The number of anilines is 1. The number of rotatable bonds is 4. The van der Waals surface area contributed by atoms with Crippen molar-refractivity contribution in [3.8, 4) is 6.07 Å². The Balaban J connectivity index is 1.40. The van der Waals surface area contributed by atoms with E-state index in [9.17, 15) is 20.0 Å². The van der Waals surface area contributed by atoms with E-state index >= 15 is 0 Å². The fraction of sp³-hybridized carbons (Fsp3) is 0.417. The van der Waals surface area contributed by atoms with Crippen molar-refractivity contribution in [3.63, 3.8) is 0 Å². The lowest BCUT2D eigenvalue weighted by atomic mass is 9.94. The highest BCUT2D eigenvalue weighted by Gasteiger charge is 2.30. The van der Waals surface area contributed by atoms with Crippen molar-refractivity contribution in [1.29, 1.82) is 5.26 Å². The molecule has 1 unspecified atom stereocenters. The van der Waals surface area contributed by atoms with Gasteiger partial charge < -0.3 is 20.1 Å². The third-order valence-corrected chi connectivity index (χ3v) is 7.22. The van der Waals surface area contributed by atoms with Gasteiger partial charge >= 0.3 is 6.09 Å². The second-order valence-corrected chi connectivity index (χ2v) is 9.45. The van der Waals surface area contributed by atoms with Gasteiger partial charge in [0.2, 0.25) is 5.91 Å². The predicted octanol–water partition coefficient (Wildman–Crippen LogP) is 3.43. The van der Waals surface area contributed by atoms with Crippen molar-refractivity contribution >= 4 is 34.4 Å². The summed E-state index contributed by atoms with van der Waals surface area (Å²) < 4.78 is 5.71. The number of nitrogens with one attached hydrogen (secondary N) is 1. The zero-order chi connectivity index (χ0) is 23.4. The molecule has 33 heavy (non-hydrogen) atoms. The normalized spacial score (nSPS) is 18.6. The molecule has 4 rings (SSSR count). The van der Waals surface area contributed by atoms with E-state index in [0.29, 0.717) is 55.8 Å². The molecule has 2 aromatic heterocycles. The first-order chi connectivity index (χ1) is 15.9. The number of nitrogens with zero attached hydrogens (tertiary/aromatic N) is 3. The van der Waals surface area contributed by atoms with Gasteiger partial charge in [-0.15, -0.1) is 11.3 Å². The smallest absolute Gasteiger partial charge is 0.410 e. The number of ether oxygens (including phenoxy) is 1. The summed E-state index contributed by atoms with van der Waals surface area (Å²) in [5.74, 6) is -0.316. The second-order valence-electron chi connectivity index (χ2n) is 8.34. The molecule has 0 saturated carbocycles. The highest BCUT2D eigenvalue weighted by Crippen LogP contribution is 2.38. The molecular formula is C24H26N4O4S. The minimum atomic E-state index is -0.350. The molecule has 0 radical (unpaired) electrons. The first kappa shape index (κ1) is 23.0. The van der Waals surface area contributed by atoms with Gasteiger partial charge in [0.15, 0.2) is 0 Å². The zero-order valence-corrected chi connectivity index (χ0v) is 19.2. The van der Waals surface area contributed by atoms with E-state index in [1.165, 1.54) is 17.4 Å². The molecule has 9 heteroatoms. The van der Waals surface area contributed by atoms with Crippen LogP contribution in [0.2, 0.25) is 0 Å². The predicted molar refractivity (Wildman–Crippen MR) is 125 cm³/mol. The molecule has 172 valence electrons. The molecule has 3 heterocycles. The Kier molecular flexibility index (Phi) is 7.06. The lowest BCUT2D eigenvalue weighted by Gasteiger charge is -2.31. The molecular weight excluding hydrogens is 440 g/mol. The largest absolute Gasteiger partial charge is 0.446 e. The standard InChI is InChI=1S/C24H26N4O4S/c1-15-6-9-26-14-16(15)2-5-22(30)27-23-20(13-25)19-4-3-18(12-21(19)33-23)32-24(31)28-10-7-17(29)8-11-28/h2,5-6,9,14,17-18,29H,3-4,7-8,10-12H2,1H3,(H,27,30). The molecule has 2 aliphatic rings. The van der Waals surface area contributed by atoms with Gasteiger partial charge in [-0.1, -0.05) is 0 Å². The fourth-order valence-electron chi connectivity index (χ4n) is 4.10. The number of hydrogen-bond acceptors (Lipinski definition) is 7. The number of carbonyl (C=O) groups excluding carboxylic acids is 2. The molecule has 2 amide bonds. The second kappa shape index (κ2) is 10.1. The molecule has 1 fully saturated rings. The number of aliphatic hydroxyl groups is 1. The van der Waals surface area contributed by atoms with Gasteiger partial charge in [-0.3, -0.25) is 9.78 Å². The number of likely N-dealkylation sites (tertiary alicyclic amines) is 1. The van der Waals surface area contributed by atoms with E-state index in [1.54, 1.807) is 23.4 Å². The fourth-order valence-corrected chi connectivity index (χ4v) is 5.36. The average Bonchev–Trinajstić information content (AvgIpc) is 3.14. The van der Waals surface area contributed by atoms with Crippen LogP contribution >= 0.6 is 11.3 Å². The summed E-state index contributed by atoms with van der Waals surface area (Å²) in [5.41, 5.74) is 3.29. The lowest BCUT2D eigenvalue weighted by molar-refractivity contribution is -0.111. The Morgan fingerprint density at radius 2 is 2.15 bits per heavy atom. The summed E-state index contributed by atoms with van der Waals surface area (Å²) in [6, 6.07) is 4.10. The highest BCUT2D eigenvalue weighted by molar-refractivity contribution is 7.16. The van der Waals surface area contributed by atoms with Gasteiger partial charge in [-0.25, -0.2) is 4.79 Å². The van der Waals surface area contributed by atoms with Crippen molar-refractivity contribution in [2.75, 3.05) is 18.4 Å². The molecule has 1 aliphatic heterocycles. The Morgan fingerprint density at radius 1 is 1.36 bits per heavy atom. The van der Waals surface area contributed by atoms with Gasteiger partial charge in [0.1, 0.15) is 17.2 Å². The summed E-state index contributed by atoms with van der Waals surface area (Å²) in [7, 11) is 0. The Hall–Kier alpha value is -3.22. The SMILES string of the molecule is Cc1ccncc1C=CC(=O)Nc1sc2c(c1C#N)CCC(OC(=O)N1CCC(O)CC1)C2. The van der Waals surface area contributed by atoms with E-state index in [0.717, 1.165) is 21.6 Å². The van der Waals surface area contributed by atoms with Crippen LogP contribution in [0.15, 0.2) is 24.5 Å². The van der Waals surface area contributed by atoms with Gasteiger partial charge in [-0.05, 0) is 61.4 Å². The number of thiophene rings is 1. The summed E-state index contributed by atoms with van der Waals surface area (Å²) in [4.78, 5) is 31.6. The number of carbonyl (C=O) groups is 2. The number of pyridine rings is 1. The molecule has 0 aromatic carbocycles. The summed E-state index contributed by atoms with van der Waals surface area (Å²) >= 11 is 1.37. The van der Waals surface area contributed by atoms with Crippen LogP contribution in [0.4, 0.5) is 9.80 Å².